The zero-order valence-corrected chi connectivity index (χ0v) is 13.3. The Balaban J connectivity index is 2.28. The molecule has 20 heavy (non-hydrogen) atoms. The van der Waals surface area contributed by atoms with Crippen molar-refractivity contribution < 1.29 is 9.47 Å². The van der Waals surface area contributed by atoms with Crippen LogP contribution in [0.5, 0.6) is 5.75 Å². The zero-order valence-electron chi connectivity index (χ0n) is 12.6. The molecule has 0 unspecified atom stereocenters. The number of unbranched alkanes of at least 4 members (excludes halogenated alkanes) is 1. The lowest BCUT2D eigenvalue weighted by Gasteiger charge is -2.10. The maximum Gasteiger partial charge on any atom is 0.138 e. The van der Waals surface area contributed by atoms with Crippen molar-refractivity contribution in [3.05, 3.63) is 28.8 Å². The summed E-state index contributed by atoms with van der Waals surface area (Å²) >= 11 is 6.21. The molecular formula is C16H26ClNO2. The number of ether oxygens (including phenoxy) is 2. The number of nitrogens with one attached hydrogen (secondary N) is 1. The molecule has 0 bridgehead atoms. The predicted molar refractivity (Wildman–Crippen MR) is 84.7 cm³/mol. The average Bonchev–Trinajstić information content (AvgIpc) is 2.45. The summed E-state index contributed by atoms with van der Waals surface area (Å²) < 4.78 is 11.1. The standard InChI is InChI=1S/C16H26ClNO2/c1-3-5-9-19-10-11-20-16-7-6-14(12-15(16)17)13-18-8-4-2/h6-7,12,18H,3-5,8-11,13H2,1-2H3. The molecule has 0 aliphatic carbocycles. The second-order valence-electron chi connectivity index (χ2n) is 4.76. The lowest BCUT2D eigenvalue weighted by Crippen LogP contribution is -2.13. The Morgan fingerprint density at radius 3 is 2.65 bits per heavy atom. The summed E-state index contributed by atoms with van der Waals surface area (Å²) in [5, 5.41) is 4.01. The van der Waals surface area contributed by atoms with E-state index in [1.54, 1.807) is 0 Å². The van der Waals surface area contributed by atoms with Gasteiger partial charge in [-0.05, 0) is 37.1 Å². The average molecular weight is 300 g/mol. The SMILES string of the molecule is CCCCOCCOc1ccc(CNCCC)cc1Cl. The molecule has 0 radical (unpaired) electrons. The highest BCUT2D eigenvalue weighted by molar-refractivity contribution is 6.32. The summed E-state index contributed by atoms with van der Waals surface area (Å²) in [6.45, 7) is 8.11. The molecule has 0 saturated heterocycles. The van der Waals surface area contributed by atoms with Crippen LogP contribution in [0.15, 0.2) is 18.2 Å². The number of halogens is 1. The first-order chi connectivity index (χ1) is 9.77. The number of rotatable bonds is 11. The second-order valence-corrected chi connectivity index (χ2v) is 5.16. The smallest absolute Gasteiger partial charge is 0.138 e. The quantitative estimate of drug-likeness (QED) is 0.626. The van der Waals surface area contributed by atoms with Crippen LogP contribution >= 0.6 is 11.6 Å². The topological polar surface area (TPSA) is 30.5 Å². The highest BCUT2D eigenvalue weighted by atomic mass is 35.5. The Labute approximate surface area is 127 Å². The molecule has 0 aliphatic rings. The van der Waals surface area contributed by atoms with E-state index in [1.165, 1.54) is 5.56 Å². The van der Waals surface area contributed by atoms with Crippen LogP contribution in [0.3, 0.4) is 0 Å². The van der Waals surface area contributed by atoms with Crippen molar-refractivity contribution in [3.63, 3.8) is 0 Å². The van der Waals surface area contributed by atoms with Gasteiger partial charge in [0.1, 0.15) is 12.4 Å². The Hall–Kier alpha value is -0.770. The molecule has 3 nitrogen and oxygen atoms in total. The molecule has 1 rings (SSSR count). The van der Waals surface area contributed by atoms with Gasteiger partial charge in [0.05, 0.1) is 11.6 Å². The Kier molecular flexibility index (Phi) is 9.46. The summed E-state index contributed by atoms with van der Waals surface area (Å²) in [7, 11) is 0. The molecule has 114 valence electrons. The van der Waals surface area contributed by atoms with Crippen LogP contribution in [-0.2, 0) is 11.3 Å². The van der Waals surface area contributed by atoms with Crippen molar-refractivity contribution in [2.75, 3.05) is 26.4 Å². The van der Waals surface area contributed by atoms with Crippen molar-refractivity contribution in [1.29, 1.82) is 0 Å². The highest BCUT2D eigenvalue weighted by Gasteiger charge is 2.03. The molecule has 0 aliphatic heterocycles. The summed E-state index contributed by atoms with van der Waals surface area (Å²) in [5.41, 5.74) is 1.18. The van der Waals surface area contributed by atoms with Crippen LogP contribution in [0.4, 0.5) is 0 Å². The monoisotopic (exact) mass is 299 g/mol. The minimum Gasteiger partial charge on any atom is -0.490 e. The van der Waals surface area contributed by atoms with Crippen LogP contribution in [0.25, 0.3) is 0 Å². The molecule has 0 amide bonds. The lowest BCUT2D eigenvalue weighted by atomic mass is 10.2. The third kappa shape index (κ3) is 7.13. The van der Waals surface area contributed by atoms with Gasteiger partial charge in [-0.3, -0.25) is 0 Å². The minimum absolute atomic E-state index is 0.539. The van der Waals surface area contributed by atoms with Crippen molar-refractivity contribution in [1.82, 2.24) is 5.32 Å². The van der Waals surface area contributed by atoms with E-state index in [1.807, 2.05) is 18.2 Å². The molecule has 0 atom stereocenters. The molecule has 0 fully saturated rings. The number of hydrogen-bond donors (Lipinski definition) is 1. The third-order valence-electron chi connectivity index (χ3n) is 2.88. The van der Waals surface area contributed by atoms with E-state index >= 15 is 0 Å². The molecule has 0 aromatic heterocycles. The van der Waals surface area contributed by atoms with Crippen LogP contribution in [0.2, 0.25) is 5.02 Å². The van der Waals surface area contributed by atoms with Gasteiger partial charge in [0.15, 0.2) is 0 Å². The van der Waals surface area contributed by atoms with E-state index in [9.17, 15) is 0 Å². The Morgan fingerprint density at radius 1 is 1.10 bits per heavy atom. The summed E-state index contributed by atoms with van der Waals surface area (Å²) in [4.78, 5) is 0. The Bertz CT molecular complexity index is 371. The van der Waals surface area contributed by atoms with Crippen LogP contribution in [0, 0.1) is 0 Å². The van der Waals surface area contributed by atoms with E-state index in [-0.39, 0.29) is 0 Å². The van der Waals surface area contributed by atoms with Gasteiger partial charge in [-0.1, -0.05) is 37.9 Å². The molecule has 0 saturated carbocycles. The normalized spacial score (nSPS) is 10.8. The van der Waals surface area contributed by atoms with Gasteiger partial charge in [-0.2, -0.15) is 0 Å². The Morgan fingerprint density at radius 2 is 1.95 bits per heavy atom. The minimum atomic E-state index is 0.539. The van der Waals surface area contributed by atoms with Crippen LogP contribution < -0.4 is 10.1 Å². The first kappa shape index (κ1) is 17.3. The predicted octanol–water partition coefficient (Wildman–Crippen LogP) is 4.04. The second kappa shape index (κ2) is 11.0. The highest BCUT2D eigenvalue weighted by Crippen LogP contribution is 2.25. The molecule has 1 N–H and O–H groups in total. The van der Waals surface area contributed by atoms with Gasteiger partial charge in [0.25, 0.3) is 0 Å². The first-order valence-electron chi connectivity index (χ1n) is 7.47. The molecule has 0 spiro atoms. The van der Waals surface area contributed by atoms with E-state index < -0.39 is 0 Å². The van der Waals surface area contributed by atoms with Crippen molar-refractivity contribution in [2.24, 2.45) is 0 Å². The van der Waals surface area contributed by atoms with Crippen LogP contribution in [0.1, 0.15) is 38.7 Å². The maximum atomic E-state index is 6.21. The fourth-order valence-electron chi connectivity index (χ4n) is 1.74. The fourth-order valence-corrected chi connectivity index (χ4v) is 2.00. The van der Waals surface area contributed by atoms with Crippen LogP contribution in [-0.4, -0.2) is 26.4 Å². The summed E-state index contributed by atoms with van der Waals surface area (Å²) in [5.74, 6) is 0.727. The van der Waals surface area contributed by atoms with Gasteiger partial charge < -0.3 is 14.8 Å². The summed E-state index contributed by atoms with van der Waals surface area (Å²) in [6, 6.07) is 5.93. The number of benzene rings is 1. The van der Waals surface area contributed by atoms with Gasteiger partial charge in [0.2, 0.25) is 0 Å². The third-order valence-corrected chi connectivity index (χ3v) is 3.18. The van der Waals surface area contributed by atoms with Gasteiger partial charge in [0, 0.05) is 13.2 Å². The van der Waals surface area contributed by atoms with Crippen molar-refractivity contribution >= 4 is 11.6 Å². The maximum absolute atomic E-state index is 6.21. The molecule has 1 aromatic carbocycles. The molecule has 0 heterocycles. The van der Waals surface area contributed by atoms with Crippen molar-refractivity contribution in [2.45, 2.75) is 39.7 Å². The molecular weight excluding hydrogens is 274 g/mol. The van der Waals surface area contributed by atoms with Gasteiger partial charge >= 0.3 is 0 Å². The zero-order chi connectivity index (χ0) is 14.6. The largest absolute Gasteiger partial charge is 0.490 e. The first-order valence-corrected chi connectivity index (χ1v) is 7.85. The number of hydrogen-bond acceptors (Lipinski definition) is 3. The van der Waals surface area contributed by atoms with Gasteiger partial charge in [-0.15, -0.1) is 0 Å². The summed E-state index contributed by atoms with van der Waals surface area (Å²) in [6.07, 6.45) is 3.38. The molecule has 4 heteroatoms. The van der Waals surface area contributed by atoms with Gasteiger partial charge in [-0.25, -0.2) is 0 Å². The fraction of sp³-hybridized carbons (Fsp3) is 0.625. The molecule has 1 aromatic rings. The van der Waals surface area contributed by atoms with E-state index in [4.69, 9.17) is 21.1 Å². The lowest BCUT2D eigenvalue weighted by molar-refractivity contribution is 0.0981. The van der Waals surface area contributed by atoms with E-state index in [2.05, 4.69) is 19.2 Å². The van der Waals surface area contributed by atoms with E-state index in [0.29, 0.717) is 18.2 Å². The van der Waals surface area contributed by atoms with Crippen molar-refractivity contribution in [3.8, 4) is 5.75 Å². The van der Waals surface area contributed by atoms with E-state index in [0.717, 1.165) is 44.7 Å².